The van der Waals surface area contributed by atoms with Crippen molar-refractivity contribution in [2.45, 2.75) is 19.4 Å². The van der Waals surface area contributed by atoms with E-state index in [4.69, 9.17) is 4.74 Å². The summed E-state index contributed by atoms with van der Waals surface area (Å²) in [4.78, 5) is 6.32. The zero-order chi connectivity index (χ0) is 14.7. The number of halogens is 1. The first-order valence-electron chi connectivity index (χ1n) is 7.28. The van der Waals surface area contributed by atoms with Gasteiger partial charge in [0.1, 0.15) is 5.82 Å². The number of likely N-dealkylation sites (tertiary alicyclic amines) is 1. The van der Waals surface area contributed by atoms with Crippen LogP contribution in [0.1, 0.15) is 18.4 Å². The lowest BCUT2D eigenvalue weighted by Crippen LogP contribution is -2.18. The van der Waals surface area contributed by atoms with Gasteiger partial charge in [0, 0.05) is 18.2 Å². The van der Waals surface area contributed by atoms with Crippen molar-refractivity contribution in [1.82, 2.24) is 9.88 Å². The zero-order valence-electron chi connectivity index (χ0n) is 12.2. The minimum atomic E-state index is -0.315. The van der Waals surface area contributed by atoms with Crippen LogP contribution >= 0.6 is 0 Å². The Balaban J connectivity index is 1.97. The highest BCUT2D eigenvalue weighted by Gasteiger charge is 2.16. The van der Waals surface area contributed by atoms with Crippen molar-refractivity contribution in [2.75, 3.05) is 20.2 Å². The Morgan fingerprint density at radius 3 is 2.71 bits per heavy atom. The molecule has 0 saturated carbocycles. The number of rotatable bonds is 4. The molecule has 1 aliphatic rings. The SMILES string of the molecule is COc1cc(-c2ccccc2CN2CCCC2)c(F)cn1. The molecule has 0 amide bonds. The highest BCUT2D eigenvalue weighted by molar-refractivity contribution is 5.68. The summed E-state index contributed by atoms with van der Waals surface area (Å²) >= 11 is 0. The fourth-order valence-electron chi connectivity index (χ4n) is 2.84. The summed E-state index contributed by atoms with van der Waals surface area (Å²) in [6, 6.07) is 9.64. The van der Waals surface area contributed by atoms with Gasteiger partial charge < -0.3 is 4.74 Å². The van der Waals surface area contributed by atoms with Gasteiger partial charge in [0.2, 0.25) is 5.88 Å². The maximum atomic E-state index is 14.2. The Kier molecular flexibility index (Phi) is 4.15. The number of nitrogens with zero attached hydrogens (tertiary/aromatic N) is 2. The summed E-state index contributed by atoms with van der Waals surface area (Å²) in [5.41, 5.74) is 2.62. The van der Waals surface area contributed by atoms with Crippen molar-refractivity contribution >= 4 is 0 Å². The van der Waals surface area contributed by atoms with Crippen molar-refractivity contribution in [3.63, 3.8) is 0 Å². The molecule has 1 fully saturated rings. The first kappa shape index (κ1) is 14.0. The van der Waals surface area contributed by atoms with E-state index in [1.165, 1.54) is 19.0 Å². The van der Waals surface area contributed by atoms with Gasteiger partial charge in [0.25, 0.3) is 0 Å². The molecule has 2 heterocycles. The number of benzene rings is 1. The van der Waals surface area contributed by atoms with Crippen molar-refractivity contribution in [3.05, 3.63) is 47.9 Å². The second-order valence-electron chi connectivity index (χ2n) is 5.35. The maximum absolute atomic E-state index is 14.2. The largest absolute Gasteiger partial charge is 0.481 e. The summed E-state index contributed by atoms with van der Waals surface area (Å²) in [7, 11) is 1.54. The van der Waals surface area contributed by atoms with Crippen molar-refractivity contribution < 1.29 is 9.13 Å². The standard InChI is InChI=1S/C17H19FN2O/c1-21-17-10-15(16(18)11-19-17)14-7-3-2-6-13(14)12-20-8-4-5-9-20/h2-3,6-7,10-11H,4-5,8-9,12H2,1H3. The monoisotopic (exact) mass is 286 g/mol. The second-order valence-corrected chi connectivity index (χ2v) is 5.35. The smallest absolute Gasteiger partial charge is 0.213 e. The lowest BCUT2D eigenvalue weighted by atomic mass is 10.00. The first-order chi connectivity index (χ1) is 10.3. The lowest BCUT2D eigenvalue weighted by Gasteiger charge is -2.18. The van der Waals surface area contributed by atoms with Gasteiger partial charge in [-0.05, 0) is 37.1 Å². The molecular formula is C17H19FN2O. The molecule has 1 aromatic heterocycles. The maximum Gasteiger partial charge on any atom is 0.213 e. The summed E-state index contributed by atoms with van der Waals surface area (Å²) in [6.45, 7) is 3.10. The van der Waals surface area contributed by atoms with E-state index in [0.29, 0.717) is 11.4 Å². The molecule has 1 aliphatic heterocycles. The van der Waals surface area contributed by atoms with Gasteiger partial charge >= 0.3 is 0 Å². The lowest BCUT2D eigenvalue weighted by molar-refractivity contribution is 0.332. The van der Waals surface area contributed by atoms with E-state index in [9.17, 15) is 4.39 Å². The molecule has 0 atom stereocenters. The van der Waals surface area contributed by atoms with Gasteiger partial charge in [-0.3, -0.25) is 4.90 Å². The van der Waals surface area contributed by atoms with Crippen molar-refractivity contribution in [1.29, 1.82) is 0 Å². The quantitative estimate of drug-likeness (QED) is 0.860. The zero-order valence-corrected chi connectivity index (χ0v) is 12.2. The number of methoxy groups -OCH3 is 1. The van der Waals surface area contributed by atoms with E-state index in [1.807, 2.05) is 18.2 Å². The molecule has 21 heavy (non-hydrogen) atoms. The van der Waals surface area contributed by atoms with E-state index < -0.39 is 0 Å². The predicted molar refractivity (Wildman–Crippen MR) is 80.7 cm³/mol. The van der Waals surface area contributed by atoms with Crippen molar-refractivity contribution in [2.24, 2.45) is 0 Å². The molecule has 1 aromatic carbocycles. The third kappa shape index (κ3) is 3.05. The Morgan fingerprint density at radius 1 is 1.19 bits per heavy atom. The number of hydrogen-bond acceptors (Lipinski definition) is 3. The fraction of sp³-hybridized carbons (Fsp3) is 0.353. The van der Waals surface area contributed by atoms with Crippen LogP contribution in [0, 0.1) is 5.82 Å². The highest BCUT2D eigenvalue weighted by atomic mass is 19.1. The number of aromatic nitrogens is 1. The molecule has 0 aliphatic carbocycles. The molecule has 0 radical (unpaired) electrons. The van der Waals surface area contributed by atoms with E-state index in [1.54, 1.807) is 13.2 Å². The van der Waals surface area contributed by atoms with E-state index in [-0.39, 0.29) is 5.82 Å². The van der Waals surface area contributed by atoms with Crippen LogP contribution in [0.3, 0.4) is 0 Å². The first-order valence-corrected chi connectivity index (χ1v) is 7.28. The Morgan fingerprint density at radius 2 is 1.95 bits per heavy atom. The van der Waals surface area contributed by atoms with Crippen LogP contribution in [0.25, 0.3) is 11.1 Å². The van der Waals surface area contributed by atoms with Gasteiger partial charge in [-0.1, -0.05) is 24.3 Å². The summed E-state index contributed by atoms with van der Waals surface area (Å²) in [6.07, 6.45) is 3.72. The van der Waals surface area contributed by atoms with Crippen LogP contribution in [0.2, 0.25) is 0 Å². The molecule has 110 valence electrons. The van der Waals surface area contributed by atoms with Gasteiger partial charge in [-0.25, -0.2) is 9.37 Å². The molecule has 0 spiro atoms. The third-order valence-corrected chi connectivity index (χ3v) is 3.94. The summed E-state index contributed by atoms with van der Waals surface area (Å²) in [5.74, 6) is 0.118. The number of pyridine rings is 1. The number of hydrogen-bond donors (Lipinski definition) is 0. The minimum absolute atomic E-state index is 0.315. The average molecular weight is 286 g/mol. The number of ether oxygens (including phenoxy) is 1. The third-order valence-electron chi connectivity index (χ3n) is 3.94. The fourth-order valence-corrected chi connectivity index (χ4v) is 2.84. The minimum Gasteiger partial charge on any atom is -0.481 e. The van der Waals surface area contributed by atoms with Crippen LogP contribution in [0.5, 0.6) is 5.88 Å². The van der Waals surface area contributed by atoms with Gasteiger partial charge in [-0.2, -0.15) is 0 Å². The van der Waals surface area contributed by atoms with Gasteiger partial charge in [0.05, 0.1) is 13.3 Å². The van der Waals surface area contributed by atoms with Crippen LogP contribution in [-0.4, -0.2) is 30.1 Å². The van der Waals surface area contributed by atoms with Gasteiger partial charge in [-0.15, -0.1) is 0 Å². The van der Waals surface area contributed by atoms with E-state index in [0.717, 1.165) is 30.8 Å². The molecule has 3 nitrogen and oxygen atoms in total. The van der Waals surface area contributed by atoms with Crippen LogP contribution in [0.4, 0.5) is 4.39 Å². The van der Waals surface area contributed by atoms with Crippen molar-refractivity contribution in [3.8, 4) is 17.0 Å². The van der Waals surface area contributed by atoms with E-state index >= 15 is 0 Å². The molecule has 0 unspecified atom stereocenters. The van der Waals surface area contributed by atoms with Gasteiger partial charge in [0.15, 0.2) is 0 Å². The molecule has 1 saturated heterocycles. The molecule has 4 heteroatoms. The summed E-state index contributed by atoms with van der Waals surface area (Å²) < 4.78 is 19.3. The normalized spacial score (nSPS) is 15.3. The predicted octanol–water partition coefficient (Wildman–Crippen LogP) is 3.49. The molecule has 0 bridgehead atoms. The average Bonchev–Trinajstić information content (AvgIpc) is 3.02. The molecular weight excluding hydrogens is 267 g/mol. The van der Waals surface area contributed by atoms with E-state index in [2.05, 4.69) is 16.0 Å². The molecule has 2 aromatic rings. The molecule has 0 N–H and O–H groups in total. The summed E-state index contributed by atoms with van der Waals surface area (Å²) in [5, 5.41) is 0. The van der Waals surface area contributed by atoms with Crippen LogP contribution in [-0.2, 0) is 6.54 Å². The Bertz CT molecular complexity index is 624. The second kappa shape index (κ2) is 6.22. The Hall–Kier alpha value is -1.94. The van der Waals surface area contributed by atoms with Crippen LogP contribution in [0.15, 0.2) is 36.5 Å². The highest BCUT2D eigenvalue weighted by Crippen LogP contribution is 2.29. The Labute approximate surface area is 124 Å². The van der Waals surface area contributed by atoms with Crippen LogP contribution < -0.4 is 4.74 Å². The molecule has 3 rings (SSSR count). The topological polar surface area (TPSA) is 25.4 Å².